The van der Waals surface area contributed by atoms with Gasteiger partial charge in [-0.05, 0) is 6.42 Å². The van der Waals surface area contributed by atoms with Gasteiger partial charge < -0.3 is 0 Å². The maximum absolute atomic E-state index is 3.70. The lowest BCUT2D eigenvalue weighted by Gasteiger charge is -1.91. The summed E-state index contributed by atoms with van der Waals surface area (Å²) in [7, 11) is 0. The van der Waals surface area contributed by atoms with Crippen molar-refractivity contribution in [3.63, 3.8) is 0 Å². The van der Waals surface area contributed by atoms with Gasteiger partial charge in [0.2, 0.25) is 6.33 Å². The molecular weight excluding hydrogens is 148 g/mol. The van der Waals surface area contributed by atoms with Gasteiger partial charge in [-0.25, -0.2) is 9.13 Å². The maximum atomic E-state index is 3.70. The molecule has 0 fully saturated rings. The molecule has 66 valence electrons. The van der Waals surface area contributed by atoms with Crippen LogP contribution in [0.15, 0.2) is 31.4 Å². The average molecular weight is 165 g/mol. The van der Waals surface area contributed by atoms with Gasteiger partial charge in [-0.3, -0.25) is 0 Å². The molecule has 0 amide bonds. The van der Waals surface area contributed by atoms with Crippen LogP contribution >= 0.6 is 0 Å². The van der Waals surface area contributed by atoms with Crippen LogP contribution in [0.25, 0.3) is 0 Å². The molecule has 0 aliphatic rings. The summed E-state index contributed by atoms with van der Waals surface area (Å²) in [4.78, 5) is 0. The summed E-state index contributed by atoms with van der Waals surface area (Å²) in [6.45, 7) is 7.93. The van der Waals surface area contributed by atoms with E-state index in [0.29, 0.717) is 0 Å². The molecular formula is C10H17N2+. The van der Waals surface area contributed by atoms with Crippen LogP contribution in [0.4, 0.5) is 0 Å². The second-order valence-electron chi connectivity index (χ2n) is 2.99. The Bertz CT molecular complexity index is 238. The van der Waals surface area contributed by atoms with Crippen LogP contribution < -0.4 is 4.57 Å². The Morgan fingerprint density at radius 3 is 3.08 bits per heavy atom. The first-order valence-corrected chi connectivity index (χ1v) is 4.52. The minimum absolute atomic E-state index is 0.902. The van der Waals surface area contributed by atoms with Crippen molar-refractivity contribution in [2.24, 2.45) is 0 Å². The third kappa shape index (κ3) is 2.53. The van der Waals surface area contributed by atoms with E-state index in [9.17, 15) is 0 Å². The Balaban J connectivity index is 2.46. The standard InChI is InChI=1S/C10H17N2/c1-3-5-7-12-9-8-11(10-12)6-4-2/h4,8-10H,2-3,5-7H2,1H3/q+1. The number of aromatic nitrogens is 2. The molecule has 0 aliphatic heterocycles. The minimum atomic E-state index is 0.902. The molecule has 2 heteroatoms. The third-order valence-corrected chi connectivity index (χ3v) is 1.86. The van der Waals surface area contributed by atoms with E-state index in [2.05, 4.69) is 41.4 Å². The normalized spacial score (nSPS) is 10.1. The number of unbranched alkanes of at least 4 members (excludes halogenated alkanes) is 1. The number of rotatable bonds is 5. The van der Waals surface area contributed by atoms with Crippen LogP contribution in [-0.2, 0) is 13.1 Å². The third-order valence-electron chi connectivity index (χ3n) is 1.86. The Labute approximate surface area is 74.1 Å². The number of nitrogens with zero attached hydrogens (tertiary/aromatic N) is 2. The summed E-state index contributed by atoms with van der Waals surface area (Å²) in [5.74, 6) is 0. The highest BCUT2D eigenvalue weighted by atomic mass is 15.1. The zero-order valence-corrected chi connectivity index (χ0v) is 7.74. The summed E-state index contributed by atoms with van der Waals surface area (Å²) in [6, 6.07) is 0. The van der Waals surface area contributed by atoms with Crippen LogP contribution in [0.2, 0.25) is 0 Å². The first-order chi connectivity index (χ1) is 5.86. The number of allylic oxidation sites excluding steroid dienone is 1. The van der Waals surface area contributed by atoms with Crippen molar-refractivity contribution in [3.05, 3.63) is 31.4 Å². The molecule has 0 N–H and O–H groups in total. The molecule has 1 aromatic rings. The van der Waals surface area contributed by atoms with Crippen molar-refractivity contribution in [3.8, 4) is 0 Å². The largest absolute Gasteiger partial charge is 0.244 e. The monoisotopic (exact) mass is 165 g/mol. The fourth-order valence-electron chi connectivity index (χ4n) is 1.17. The Morgan fingerprint density at radius 2 is 2.42 bits per heavy atom. The molecule has 12 heavy (non-hydrogen) atoms. The number of aryl methyl sites for hydroxylation is 1. The van der Waals surface area contributed by atoms with E-state index < -0.39 is 0 Å². The van der Waals surface area contributed by atoms with Gasteiger partial charge in [0.05, 0.1) is 6.54 Å². The summed E-state index contributed by atoms with van der Waals surface area (Å²) in [6.07, 6.45) is 10.7. The molecule has 0 saturated carbocycles. The highest BCUT2D eigenvalue weighted by Gasteiger charge is 1.99. The fraction of sp³-hybridized carbons (Fsp3) is 0.500. The van der Waals surface area contributed by atoms with E-state index in [1.807, 2.05) is 6.08 Å². The van der Waals surface area contributed by atoms with Crippen LogP contribution in [0.1, 0.15) is 19.8 Å². The van der Waals surface area contributed by atoms with Gasteiger partial charge in [0.1, 0.15) is 18.9 Å². The molecule has 0 radical (unpaired) electrons. The zero-order valence-electron chi connectivity index (χ0n) is 7.74. The molecule has 0 atom stereocenters. The SMILES string of the molecule is C=CC[n+]1ccn(CCCC)c1. The molecule has 0 aromatic carbocycles. The van der Waals surface area contributed by atoms with Gasteiger partial charge >= 0.3 is 0 Å². The lowest BCUT2D eigenvalue weighted by atomic mass is 10.3. The van der Waals surface area contributed by atoms with E-state index in [1.54, 1.807) is 0 Å². The number of imidazole rings is 1. The maximum Gasteiger partial charge on any atom is 0.244 e. The number of hydrogen-bond donors (Lipinski definition) is 0. The summed E-state index contributed by atoms with van der Waals surface area (Å²) < 4.78 is 4.34. The molecule has 0 unspecified atom stereocenters. The van der Waals surface area contributed by atoms with Crippen molar-refractivity contribution in [2.45, 2.75) is 32.9 Å². The van der Waals surface area contributed by atoms with Crippen LogP contribution in [0.5, 0.6) is 0 Å². The van der Waals surface area contributed by atoms with Crippen molar-refractivity contribution >= 4 is 0 Å². The molecule has 1 aromatic heterocycles. The van der Waals surface area contributed by atoms with Crippen molar-refractivity contribution in [1.82, 2.24) is 4.57 Å². The fourth-order valence-corrected chi connectivity index (χ4v) is 1.17. The average Bonchev–Trinajstić information content (AvgIpc) is 2.50. The van der Waals surface area contributed by atoms with Gasteiger partial charge in [0.15, 0.2) is 0 Å². The van der Waals surface area contributed by atoms with E-state index >= 15 is 0 Å². The molecule has 2 nitrogen and oxygen atoms in total. The van der Waals surface area contributed by atoms with E-state index in [-0.39, 0.29) is 0 Å². The predicted molar refractivity (Wildman–Crippen MR) is 49.7 cm³/mol. The second kappa shape index (κ2) is 4.75. The van der Waals surface area contributed by atoms with Gasteiger partial charge in [0.25, 0.3) is 0 Å². The Kier molecular flexibility index (Phi) is 3.58. The quantitative estimate of drug-likeness (QED) is 0.464. The Morgan fingerprint density at radius 1 is 1.58 bits per heavy atom. The molecule has 0 bridgehead atoms. The lowest BCUT2D eigenvalue weighted by Crippen LogP contribution is -2.29. The van der Waals surface area contributed by atoms with Crippen molar-refractivity contribution < 1.29 is 4.57 Å². The summed E-state index contributed by atoms with van der Waals surface area (Å²) in [5.41, 5.74) is 0. The van der Waals surface area contributed by atoms with Gasteiger partial charge in [-0.1, -0.05) is 26.0 Å². The molecule has 1 heterocycles. The lowest BCUT2D eigenvalue weighted by molar-refractivity contribution is -0.686. The summed E-state index contributed by atoms with van der Waals surface area (Å²) >= 11 is 0. The molecule has 1 rings (SSSR count). The van der Waals surface area contributed by atoms with Gasteiger partial charge in [-0.15, -0.1) is 0 Å². The van der Waals surface area contributed by atoms with E-state index in [1.165, 1.54) is 12.8 Å². The predicted octanol–water partition coefficient (Wildman–Crippen LogP) is 1.76. The first kappa shape index (κ1) is 9.04. The molecule has 0 aliphatic carbocycles. The molecule has 0 saturated heterocycles. The topological polar surface area (TPSA) is 8.81 Å². The van der Waals surface area contributed by atoms with Crippen LogP contribution in [-0.4, -0.2) is 4.57 Å². The van der Waals surface area contributed by atoms with Crippen molar-refractivity contribution in [1.29, 1.82) is 0 Å². The van der Waals surface area contributed by atoms with E-state index in [4.69, 9.17) is 0 Å². The first-order valence-electron chi connectivity index (χ1n) is 4.52. The second-order valence-corrected chi connectivity index (χ2v) is 2.99. The highest BCUT2D eigenvalue weighted by Crippen LogP contribution is 1.92. The highest BCUT2D eigenvalue weighted by molar-refractivity contribution is 4.67. The number of hydrogen-bond acceptors (Lipinski definition) is 0. The molecule has 0 spiro atoms. The Hall–Kier alpha value is -1.05. The zero-order chi connectivity index (χ0) is 8.81. The minimum Gasteiger partial charge on any atom is -0.237 e. The van der Waals surface area contributed by atoms with Gasteiger partial charge in [0, 0.05) is 0 Å². The van der Waals surface area contributed by atoms with Crippen LogP contribution in [0.3, 0.4) is 0 Å². The summed E-state index contributed by atoms with van der Waals surface area (Å²) in [5, 5.41) is 0. The van der Waals surface area contributed by atoms with Crippen LogP contribution in [0, 0.1) is 0 Å². The van der Waals surface area contributed by atoms with Gasteiger partial charge in [-0.2, -0.15) is 0 Å². The van der Waals surface area contributed by atoms with E-state index in [0.717, 1.165) is 13.1 Å². The van der Waals surface area contributed by atoms with Crippen molar-refractivity contribution in [2.75, 3.05) is 0 Å². The smallest absolute Gasteiger partial charge is 0.237 e.